The predicted octanol–water partition coefficient (Wildman–Crippen LogP) is 4.55. The number of hydrogen-bond donors (Lipinski definition) is 1. The average Bonchev–Trinajstić information content (AvgIpc) is 2.41. The van der Waals surface area contributed by atoms with Crippen molar-refractivity contribution in [2.75, 3.05) is 26.7 Å². The van der Waals surface area contributed by atoms with E-state index in [4.69, 9.17) is 0 Å². The minimum atomic E-state index is 0.314. The third kappa shape index (κ3) is 5.90. The summed E-state index contributed by atoms with van der Waals surface area (Å²) < 4.78 is 0. The van der Waals surface area contributed by atoms with E-state index >= 15 is 0 Å². The molecule has 1 saturated carbocycles. The van der Waals surface area contributed by atoms with Crippen LogP contribution in [0.4, 0.5) is 0 Å². The van der Waals surface area contributed by atoms with Gasteiger partial charge in [0.15, 0.2) is 0 Å². The van der Waals surface area contributed by atoms with Gasteiger partial charge in [-0.3, -0.25) is 0 Å². The fourth-order valence-electron chi connectivity index (χ4n) is 3.38. The maximum atomic E-state index is 3.76. The van der Waals surface area contributed by atoms with Gasteiger partial charge in [0, 0.05) is 18.6 Å². The summed E-state index contributed by atoms with van der Waals surface area (Å²) in [6.45, 7) is 17.7. The summed E-state index contributed by atoms with van der Waals surface area (Å²) in [6, 6.07) is 0. The van der Waals surface area contributed by atoms with E-state index in [1.165, 1.54) is 45.2 Å². The van der Waals surface area contributed by atoms with Crippen LogP contribution < -0.4 is 5.32 Å². The van der Waals surface area contributed by atoms with Crippen molar-refractivity contribution < 1.29 is 0 Å². The molecule has 0 aliphatic heterocycles. The number of nitrogens with zero attached hydrogens (tertiary/aromatic N) is 1. The summed E-state index contributed by atoms with van der Waals surface area (Å²) in [4.78, 5) is 2.61. The molecule has 0 bridgehead atoms. The van der Waals surface area contributed by atoms with E-state index in [0.29, 0.717) is 11.0 Å². The number of hydrogen-bond acceptors (Lipinski definition) is 2. The zero-order valence-corrected chi connectivity index (χ0v) is 15.8. The van der Waals surface area contributed by atoms with Gasteiger partial charge in [-0.25, -0.2) is 0 Å². The highest BCUT2D eigenvalue weighted by atomic mass is 15.2. The van der Waals surface area contributed by atoms with Crippen LogP contribution in [0.15, 0.2) is 0 Å². The van der Waals surface area contributed by atoms with Gasteiger partial charge in [0.1, 0.15) is 0 Å². The molecule has 1 N–H and O–H groups in total. The number of nitrogens with one attached hydrogen (secondary N) is 1. The van der Waals surface area contributed by atoms with Crippen LogP contribution in [0.3, 0.4) is 0 Å². The molecule has 1 fully saturated rings. The minimum Gasteiger partial charge on any atom is -0.316 e. The topological polar surface area (TPSA) is 15.3 Å². The quantitative estimate of drug-likeness (QED) is 0.707. The summed E-state index contributed by atoms with van der Waals surface area (Å²) in [7, 11) is 2.33. The Hall–Kier alpha value is -0.0800. The third-order valence-electron chi connectivity index (χ3n) is 5.86. The van der Waals surface area contributed by atoms with Gasteiger partial charge in [-0.1, -0.05) is 40.5 Å². The lowest BCUT2D eigenvalue weighted by atomic mass is 9.70. The first kappa shape index (κ1) is 19.0. The lowest BCUT2D eigenvalue weighted by Gasteiger charge is -2.46. The largest absolute Gasteiger partial charge is 0.316 e. The molecule has 126 valence electrons. The molecule has 0 unspecified atom stereocenters. The van der Waals surface area contributed by atoms with E-state index in [1.54, 1.807) is 0 Å². The van der Waals surface area contributed by atoms with Crippen LogP contribution in [0.25, 0.3) is 0 Å². The van der Waals surface area contributed by atoms with E-state index in [1.807, 2.05) is 0 Å². The number of rotatable bonds is 8. The van der Waals surface area contributed by atoms with Crippen LogP contribution in [-0.4, -0.2) is 37.1 Å². The molecule has 0 saturated heterocycles. The molecular weight excluding hydrogens is 256 g/mol. The maximum absolute atomic E-state index is 3.76. The van der Waals surface area contributed by atoms with Crippen LogP contribution in [0.2, 0.25) is 0 Å². The van der Waals surface area contributed by atoms with Crippen molar-refractivity contribution in [3.05, 3.63) is 0 Å². The molecule has 0 aromatic rings. The standard InChI is InChI=1S/C19H40N2/c1-8-18(5,6)21(7)15-19(14-20-13-16(2)3)11-9-17(4)10-12-19/h16-17,20H,8-15H2,1-7H3. The Morgan fingerprint density at radius 1 is 1.24 bits per heavy atom. The molecule has 0 radical (unpaired) electrons. The smallest absolute Gasteiger partial charge is 0.0147 e. The van der Waals surface area contributed by atoms with Crippen molar-refractivity contribution in [3.8, 4) is 0 Å². The molecule has 0 spiro atoms. The Bertz CT molecular complexity index is 288. The summed E-state index contributed by atoms with van der Waals surface area (Å²) >= 11 is 0. The fourth-order valence-corrected chi connectivity index (χ4v) is 3.38. The zero-order chi connectivity index (χ0) is 16.1. The second-order valence-electron chi connectivity index (χ2n) is 8.73. The first-order valence-electron chi connectivity index (χ1n) is 9.13. The lowest BCUT2D eigenvalue weighted by molar-refractivity contribution is 0.0467. The van der Waals surface area contributed by atoms with Crippen molar-refractivity contribution in [3.63, 3.8) is 0 Å². The molecular formula is C19H40N2. The minimum absolute atomic E-state index is 0.314. The highest BCUT2D eigenvalue weighted by molar-refractivity contribution is 4.92. The molecule has 0 aromatic carbocycles. The molecule has 0 atom stereocenters. The SMILES string of the molecule is CCC(C)(C)N(C)CC1(CNCC(C)C)CCC(C)CC1. The second kappa shape index (κ2) is 7.97. The van der Waals surface area contributed by atoms with Gasteiger partial charge in [-0.15, -0.1) is 0 Å². The Labute approximate surface area is 134 Å². The van der Waals surface area contributed by atoms with Crippen LogP contribution in [-0.2, 0) is 0 Å². The van der Waals surface area contributed by atoms with E-state index in [9.17, 15) is 0 Å². The van der Waals surface area contributed by atoms with E-state index < -0.39 is 0 Å². The lowest BCUT2D eigenvalue weighted by Crippen LogP contribution is -2.51. The maximum Gasteiger partial charge on any atom is 0.0147 e. The molecule has 0 amide bonds. The summed E-state index contributed by atoms with van der Waals surface area (Å²) in [5, 5.41) is 3.76. The van der Waals surface area contributed by atoms with E-state index in [-0.39, 0.29) is 0 Å². The third-order valence-corrected chi connectivity index (χ3v) is 5.86. The Balaban J connectivity index is 2.68. The summed E-state index contributed by atoms with van der Waals surface area (Å²) in [5.41, 5.74) is 0.802. The van der Waals surface area contributed by atoms with Crippen molar-refractivity contribution in [2.45, 2.75) is 79.2 Å². The van der Waals surface area contributed by atoms with Gasteiger partial charge in [0.05, 0.1) is 0 Å². The van der Waals surface area contributed by atoms with Gasteiger partial charge in [0.25, 0.3) is 0 Å². The second-order valence-corrected chi connectivity index (χ2v) is 8.73. The first-order valence-corrected chi connectivity index (χ1v) is 9.13. The van der Waals surface area contributed by atoms with Crippen molar-refractivity contribution in [1.29, 1.82) is 0 Å². The Morgan fingerprint density at radius 2 is 1.81 bits per heavy atom. The first-order chi connectivity index (χ1) is 9.71. The molecule has 2 nitrogen and oxygen atoms in total. The Kier molecular flexibility index (Phi) is 7.19. The van der Waals surface area contributed by atoms with Crippen LogP contribution in [0, 0.1) is 17.3 Å². The van der Waals surface area contributed by atoms with Crippen LogP contribution in [0.5, 0.6) is 0 Å². The highest BCUT2D eigenvalue weighted by Crippen LogP contribution is 2.40. The van der Waals surface area contributed by atoms with E-state index in [2.05, 4.69) is 58.8 Å². The summed E-state index contributed by atoms with van der Waals surface area (Å²) in [5.74, 6) is 1.67. The highest BCUT2D eigenvalue weighted by Gasteiger charge is 2.37. The van der Waals surface area contributed by atoms with Crippen molar-refractivity contribution in [1.82, 2.24) is 10.2 Å². The zero-order valence-electron chi connectivity index (χ0n) is 15.8. The summed E-state index contributed by atoms with van der Waals surface area (Å²) in [6.07, 6.45) is 6.82. The molecule has 21 heavy (non-hydrogen) atoms. The van der Waals surface area contributed by atoms with Crippen molar-refractivity contribution >= 4 is 0 Å². The molecule has 1 rings (SSSR count). The molecule has 0 aromatic heterocycles. The van der Waals surface area contributed by atoms with Gasteiger partial charge >= 0.3 is 0 Å². The Morgan fingerprint density at radius 3 is 2.29 bits per heavy atom. The van der Waals surface area contributed by atoms with Gasteiger partial charge in [-0.2, -0.15) is 0 Å². The molecule has 1 aliphatic carbocycles. The molecule has 0 heterocycles. The molecule has 2 heteroatoms. The average molecular weight is 297 g/mol. The van der Waals surface area contributed by atoms with Gasteiger partial charge < -0.3 is 10.2 Å². The predicted molar refractivity (Wildman–Crippen MR) is 94.8 cm³/mol. The molecule has 1 aliphatic rings. The monoisotopic (exact) mass is 296 g/mol. The van der Waals surface area contributed by atoms with Crippen LogP contribution >= 0.6 is 0 Å². The van der Waals surface area contributed by atoms with Crippen molar-refractivity contribution in [2.24, 2.45) is 17.3 Å². The van der Waals surface area contributed by atoms with Gasteiger partial charge in [0.2, 0.25) is 0 Å². The van der Waals surface area contributed by atoms with E-state index in [0.717, 1.165) is 18.4 Å². The normalized spacial score (nSPS) is 27.6. The fraction of sp³-hybridized carbons (Fsp3) is 1.00. The van der Waals surface area contributed by atoms with Crippen LogP contribution in [0.1, 0.15) is 73.6 Å². The van der Waals surface area contributed by atoms with Gasteiger partial charge in [-0.05, 0) is 64.0 Å².